The first-order valence-electron chi connectivity index (χ1n) is 9.54. The maximum Gasteiger partial charge on any atom is 0.189 e. The van der Waals surface area contributed by atoms with Gasteiger partial charge in [-0.3, -0.25) is 4.79 Å². The standard InChI is InChI=1S/C26H19NO2/c1-27-23-9-5-4-8-20(23)22-16-17(10-14-24(22)27)11-15-25(28)21-13-12-18-6-2-3-7-19(18)26(21)29/h2-16,29H,1H3/b15-11+. The molecule has 0 saturated heterocycles. The first kappa shape index (κ1) is 17.3. The summed E-state index contributed by atoms with van der Waals surface area (Å²) in [6.07, 6.45) is 3.33. The van der Waals surface area contributed by atoms with Crippen LogP contribution in [0.1, 0.15) is 15.9 Å². The normalized spacial score (nSPS) is 11.8. The molecule has 0 amide bonds. The largest absolute Gasteiger partial charge is 0.507 e. The molecule has 0 fully saturated rings. The number of aromatic hydroxyl groups is 1. The average molecular weight is 377 g/mol. The predicted molar refractivity (Wildman–Crippen MR) is 119 cm³/mol. The number of rotatable bonds is 3. The fraction of sp³-hybridized carbons (Fsp3) is 0.0385. The summed E-state index contributed by atoms with van der Waals surface area (Å²) in [6, 6.07) is 25.5. The summed E-state index contributed by atoms with van der Waals surface area (Å²) < 4.78 is 2.18. The highest BCUT2D eigenvalue weighted by Crippen LogP contribution is 2.30. The Morgan fingerprint density at radius 3 is 2.41 bits per heavy atom. The lowest BCUT2D eigenvalue weighted by Crippen LogP contribution is -1.95. The van der Waals surface area contributed by atoms with Crippen molar-refractivity contribution in [2.45, 2.75) is 0 Å². The molecule has 0 aliphatic rings. The monoisotopic (exact) mass is 377 g/mol. The average Bonchev–Trinajstić information content (AvgIpc) is 3.04. The van der Waals surface area contributed by atoms with Crippen molar-refractivity contribution in [1.82, 2.24) is 4.57 Å². The van der Waals surface area contributed by atoms with Gasteiger partial charge in [-0.25, -0.2) is 0 Å². The molecule has 29 heavy (non-hydrogen) atoms. The van der Waals surface area contributed by atoms with Crippen molar-refractivity contribution in [3.8, 4) is 5.75 Å². The molecule has 0 unspecified atom stereocenters. The Kier molecular flexibility index (Phi) is 3.95. The van der Waals surface area contributed by atoms with E-state index in [2.05, 4.69) is 35.9 Å². The van der Waals surface area contributed by atoms with Gasteiger partial charge in [0.25, 0.3) is 0 Å². The number of ketones is 1. The van der Waals surface area contributed by atoms with E-state index in [0.717, 1.165) is 21.9 Å². The van der Waals surface area contributed by atoms with E-state index in [1.165, 1.54) is 17.0 Å². The van der Waals surface area contributed by atoms with Gasteiger partial charge >= 0.3 is 0 Å². The van der Waals surface area contributed by atoms with Gasteiger partial charge in [0.05, 0.1) is 5.56 Å². The number of benzene rings is 4. The Morgan fingerprint density at radius 1 is 0.828 bits per heavy atom. The molecule has 0 atom stereocenters. The molecule has 0 spiro atoms. The molecule has 140 valence electrons. The Hall–Kier alpha value is -3.85. The van der Waals surface area contributed by atoms with Crippen LogP contribution in [0.25, 0.3) is 38.7 Å². The zero-order chi connectivity index (χ0) is 20.0. The van der Waals surface area contributed by atoms with Gasteiger partial charge in [-0.15, -0.1) is 0 Å². The second-order valence-corrected chi connectivity index (χ2v) is 7.23. The zero-order valence-electron chi connectivity index (χ0n) is 16.0. The first-order chi connectivity index (χ1) is 14.1. The number of phenolic OH excluding ortho intramolecular Hbond substituents is 1. The van der Waals surface area contributed by atoms with Gasteiger partial charge in [-0.1, -0.05) is 60.7 Å². The lowest BCUT2D eigenvalue weighted by atomic mass is 10.0. The third kappa shape index (κ3) is 2.79. The molecule has 1 aromatic heterocycles. The maximum atomic E-state index is 12.7. The molecular weight excluding hydrogens is 358 g/mol. The van der Waals surface area contributed by atoms with Crippen LogP contribution in [0.2, 0.25) is 0 Å². The van der Waals surface area contributed by atoms with Crippen LogP contribution in [0, 0.1) is 0 Å². The Bertz CT molecular complexity index is 1440. The fourth-order valence-corrected chi connectivity index (χ4v) is 4.00. The van der Waals surface area contributed by atoms with Crippen molar-refractivity contribution < 1.29 is 9.90 Å². The van der Waals surface area contributed by atoms with E-state index in [1.807, 2.05) is 48.5 Å². The summed E-state index contributed by atoms with van der Waals surface area (Å²) in [5.74, 6) is -0.187. The Balaban J connectivity index is 1.53. The molecule has 0 aliphatic carbocycles. The fourth-order valence-electron chi connectivity index (χ4n) is 4.00. The van der Waals surface area contributed by atoms with Crippen LogP contribution >= 0.6 is 0 Å². The van der Waals surface area contributed by atoms with Gasteiger partial charge in [-0.2, -0.15) is 0 Å². The van der Waals surface area contributed by atoms with E-state index < -0.39 is 0 Å². The summed E-state index contributed by atoms with van der Waals surface area (Å²) in [7, 11) is 2.06. The molecular formula is C26H19NO2. The number of fused-ring (bicyclic) bond motifs is 4. The molecule has 3 heteroatoms. The van der Waals surface area contributed by atoms with E-state index in [0.29, 0.717) is 10.9 Å². The number of aromatic nitrogens is 1. The lowest BCUT2D eigenvalue weighted by molar-refractivity contribution is 0.104. The molecule has 4 aromatic carbocycles. The number of hydrogen-bond acceptors (Lipinski definition) is 2. The molecule has 5 rings (SSSR count). The highest BCUT2D eigenvalue weighted by atomic mass is 16.3. The van der Waals surface area contributed by atoms with Gasteiger partial charge in [0.1, 0.15) is 5.75 Å². The predicted octanol–water partition coefficient (Wildman–Crippen LogP) is 6.09. The number of nitrogens with zero attached hydrogens (tertiary/aromatic N) is 1. The summed E-state index contributed by atoms with van der Waals surface area (Å²) in [6.45, 7) is 0. The number of phenols is 1. The van der Waals surface area contributed by atoms with E-state index in [1.54, 1.807) is 12.1 Å². The van der Waals surface area contributed by atoms with Crippen molar-refractivity contribution >= 4 is 44.4 Å². The minimum Gasteiger partial charge on any atom is -0.507 e. The molecule has 1 heterocycles. The highest BCUT2D eigenvalue weighted by Gasteiger charge is 2.12. The quantitative estimate of drug-likeness (QED) is 0.305. The van der Waals surface area contributed by atoms with Crippen molar-refractivity contribution in [2.24, 2.45) is 7.05 Å². The molecule has 0 saturated carbocycles. The van der Waals surface area contributed by atoms with E-state index in [-0.39, 0.29) is 11.5 Å². The summed E-state index contributed by atoms with van der Waals surface area (Å²) in [5.41, 5.74) is 3.59. The van der Waals surface area contributed by atoms with Gasteiger partial charge in [0.2, 0.25) is 0 Å². The van der Waals surface area contributed by atoms with E-state index in [9.17, 15) is 9.90 Å². The van der Waals surface area contributed by atoms with Crippen molar-refractivity contribution in [3.05, 3.63) is 96.1 Å². The van der Waals surface area contributed by atoms with Crippen LogP contribution < -0.4 is 0 Å². The van der Waals surface area contributed by atoms with Gasteiger partial charge in [0.15, 0.2) is 5.78 Å². The maximum absolute atomic E-state index is 12.7. The molecule has 3 nitrogen and oxygen atoms in total. The second kappa shape index (κ2) is 6.64. The van der Waals surface area contributed by atoms with Gasteiger partial charge < -0.3 is 9.67 Å². The van der Waals surface area contributed by atoms with Crippen LogP contribution in [-0.2, 0) is 7.05 Å². The van der Waals surface area contributed by atoms with Crippen LogP contribution in [0.3, 0.4) is 0 Å². The summed E-state index contributed by atoms with van der Waals surface area (Å²) in [4.78, 5) is 12.7. The van der Waals surface area contributed by atoms with Gasteiger partial charge in [-0.05, 0) is 41.3 Å². The minimum atomic E-state index is -0.216. The first-order valence-corrected chi connectivity index (χ1v) is 9.54. The van der Waals surface area contributed by atoms with Crippen LogP contribution in [0.5, 0.6) is 5.75 Å². The number of carbonyl (C=O) groups excluding carboxylic acids is 1. The summed E-state index contributed by atoms with van der Waals surface area (Å²) >= 11 is 0. The number of allylic oxidation sites excluding steroid dienone is 1. The van der Waals surface area contributed by atoms with Crippen LogP contribution in [0.15, 0.2) is 84.9 Å². The van der Waals surface area contributed by atoms with E-state index >= 15 is 0 Å². The van der Waals surface area contributed by atoms with Crippen molar-refractivity contribution in [1.29, 1.82) is 0 Å². The van der Waals surface area contributed by atoms with Gasteiger partial charge in [0, 0.05) is 34.2 Å². The molecule has 5 aromatic rings. The Morgan fingerprint density at radius 2 is 1.55 bits per heavy atom. The Labute approximate surface area is 168 Å². The second-order valence-electron chi connectivity index (χ2n) is 7.23. The van der Waals surface area contributed by atoms with E-state index in [4.69, 9.17) is 0 Å². The smallest absolute Gasteiger partial charge is 0.189 e. The minimum absolute atomic E-state index is 0.0299. The molecule has 0 aliphatic heterocycles. The summed E-state index contributed by atoms with van der Waals surface area (Å²) in [5, 5.41) is 14.5. The molecule has 0 bridgehead atoms. The molecule has 1 N–H and O–H groups in total. The number of carbonyl (C=O) groups is 1. The topological polar surface area (TPSA) is 42.2 Å². The third-order valence-corrected chi connectivity index (χ3v) is 5.53. The third-order valence-electron chi connectivity index (χ3n) is 5.53. The zero-order valence-corrected chi connectivity index (χ0v) is 16.0. The number of hydrogen-bond donors (Lipinski definition) is 1. The van der Waals surface area contributed by atoms with Crippen molar-refractivity contribution in [2.75, 3.05) is 0 Å². The van der Waals surface area contributed by atoms with Crippen molar-refractivity contribution in [3.63, 3.8) is 0 Å². The lowest BCUT2D eigenvalue weighted by Gasteiger charge is -2.05. The van der Waals surface area contributed by atoms with Crippen LogP contribution in [-0.4, -0.2) is 15.5 Å². The highest BCUT2D eigenvalue weighted by molar-refractivity contribution is 6.12. The molecule has 0 radical (unpaired) electrons. The van der Waals surface area contributed by atoms with Crippen LogP contribution in [0.4, 0.5) is 0 Å². The number of aryl methyl sites for hydroxylation is 1. The number of para-hydroxylation sites is 1. The SMILES string of the molecule is Cn1c2ccccc2c2cc(/C=C/C(=O)c3ccc4ccccc4c3O)ccc21.